The summed E-state index contributed by atoms with van der Waals surface area (Å²) in [7, 11) is 0. The molecule has 3 nitrogen and oxygen atoms in total. The van der Waals surface area contributed by atoms with Crippen LogP contribution in [0.3, 0.4) is 0 Å². The Hall–Kier alpha value is -0.570. The highest BCUT2D eigenvalue weighted by Crippen LogP contribution is 2.19. The molecule has 1 N–H and O–H groups in total. The highest BCUT2D eigenvalue weighted by atomic mass is 16.5. The lowest BCUT2D eigenvalue weighted by Gasteiger charge is -2.28. The molecule has 1 unspecified atom stereocenters. The van der Waals surface area contributed by atoms with E-state index < -0.39 is 5.97 Å². The molecule has 3 heteroatoms. The zero-order valence-corrected chi connectivity index (χ0v) is 8.96. The van der Waals surface area contributed by atoms with Crippen molar-refractivity contribution in [2.24, 2.45) is 0 Å². The lowest BCUT2D eigenvalue weighted by atomic mass is 10.1. The number of hydrogen-bond donors (Lipinski definition) is 1. The third-order valence-corrected chi connectivity index (χ3v) is 2.19. The maximum atomic E-state index is 10.5. The van der Waals surface area contributed by atoms with Gasteiger partial charge >= 0.3 is 5.97 Å². The van der Waals surface area contributed by atoms with E-state index in [-0.39, 0.29) is 18.1 Å². The van der Waals surface area contributed by atoms with Gasteiger partial charge in [-0.25, -0.2) is 0 Å². The van der Waals surface area contributed by atoms with Crippen LogP contribution >= 0.6 is 0 Å². The molecule has 1 atom stereocenters. The maximum Gasteiger partial charge on any atom is 0.305 e. The van der Waals surface area contributed by atoms with Crippen LogP contribution in [0.2, 0.25) is 0 Å². The normalized spacial score (nSPS) is 14.2. The molecule has 0 aromatic carbocycles. The Morgan fingerprint density at radius 2 is 2.00 bits per heavy atom. The summed E-state index contributed by atoms with van der Waals surface area (Å²) in [6, 6.07) is 0. The van der Waals surface area contributed by atoms with Crippen molar-refractivity contribution in [3.05, 3.63) is 0 Å². The predicted molar refractivity (Wildman–Crippen MR) is 51.8 cm³/mol. The molecule has 0 aliphatic rings. The number of ether oxygens (including phenoxy) is 1. The van der Waals surface area contributed by atoms with Gasteiger partial charge in [0, 0.05) is 0 Å². The highest BCUT2D eigenvalue weighted by molar-refractivity contribution is 5.67. The quantitative estimate of drug-likeness (QED) is 0.696. The van der Waals surface area contributed by atoms with E-state index in [9.17, 15) is 4.79 Å². The van der Waals surface area contributed by atoms with Crippen molar-refractivity contribution in [2.75, 3.05) is 0 Å². The lowest BCUT2D eigenvalue weighted by molar-refractivity contribution is -0.144. The van der Waals surface area contributed by atoms with E-state index in [0.717, 1.165) is 12.8 Å². The number of hydrogen-bond acceptors (Lipinski definition) is 2. The minimum absolute atomic E-state index is 0.0972. The van der Waals surface area contributed by atoms with Gasteiger partial charge in [-0.1, -0.05) is 13.8 Å². The van der Waals surface area contributed by atoms with Gasteiger partial charge in [0.1, 0.15) is 0 Å². The molecule has 0 saturated heterocycles. The van der Waals surface area contributed by atoms with E-state index in [4.69, 9.17) is 9.84 Å². The maximum absolute atomic E-state index is 10.5. The highest BCUT2D eigenvalue weighted by Gasteiger charge is 2.22. The van der Waals surface area contributed by atoms with Crippen molar-refractivity contribution in [1.82, 2.24) is 0 Å². The molecule has 0 bridgehead atoms. The molecule has 0 aliphatic carbocycles. The summed E-state index contributed by atoms with van der Waals surface area (Å²) in [6.07, 6.45) is 1.58. The smallest absolute Gasteiger partial charge is 0.305 e. The zero-order chi connectivity index (χ0) is 10.5. The van der Waals surface area contributed by atoms with Crippen molar-refractivity contribution >= 4 is 5.97 Å². The van der Waals surface area contributed by atoms with Gasteiger partial charge in [0.2, 0.25) is 0 Å². The van der Waals surface area contributed by atoms with E-state index in [1.807, 2.05) is 27.7 Å². The van der Waals surface area contributed by atoms with Gasteiger partial charge in [0.05, 0.1) is 18.1 Å². The van der Waals surface area contributed by atoms with Gasteiger partial charge in [-0.2, -0.15) is 0 Å². The van der Waals surface area contributed by atoms with Gasteiger partial charge < -0.3 is 9.84 Å². The Bertz CT molecular complexity index is 164. The molecule has 13 heavy (non-hydrogen) atoms. The molecule has 0 saturated carbocycles. The molecule has 0 fully saturated rings. The van der Waals surface area contributed by atoms with Crippen molar-refractivity contribution in [3.63, 3.8) is 0 Å². The fourth-order valence-electron chi connectivity index (χ4n) is 0.999. The summed E-state index contributed by atoms with van der Waals surface area (Å²) in [5.41, 5.74) is -0.212. The minimum Gasteiger partial charge on any atom is -0.481 e. The van der Waals surface area contributed by atoms with Crippen molar-refractivity contribution < 1.29 is 14.6 Å². The second-order valence-electron chi connectivity index (χ2n) is 3.86. The van der Waals surface area contributed by atoms with Gasteiger partial charge in [0.15, 0.2) is 0 Å². The first kappa shape index (κ1) is 12.4. The van der Waals surface area contributed by atoms with E-state index in [0.29, 0.717) is 0 Å². The van der Waals surface area contributed by atoms with Gasteiger partial charge in [-0.15, -0.1) is 0 Å². The van der Waals surface area contributed by atoms with Crippen molar-refractivity contribution in [3.8, 4) is 0 Å². The standard InChI is InChI=1S/C10H20O3/c1-5-8(7-9(11)12)13-10(3,4)6-2/h8H,5-7H2,1-4H3,(H,11,12). The first-order chi connectivity index (χ1) is 5.91. The number of carboxylic acid groups (broad SMARTS) is 1. The number of aliphatic carboxylic acids is 1. The molecule has 78 valence electrons. The molecule has 0 spiro atoms. The third kappa shape index (κ3) is 5.64. The SMILES string of the molecule is CCC(CC(=O)O)OC(C)(C)CC. The number of rotatable bonds is 6. The van der Waals surface area contributed by atoms with Crippen LogP contribution in [0.4, 0.5) is 0 Å². The van der Waals surface area contributed by atoms with Crippen LogP contribution in [-0.2, 0) is 9.53 Å². The van der Waals surface area contributed by atoms with Crippen molar-refractivity contribution in [2.45, 2.75) is 58.7 Å². The molecule has 0 amide bonds. The average molecular weight is 188 g/mol. The Labute approximate surface area is 80.1 Å². The van der Waals surface area contributed by atoms with E-state index in [1.54, 1.807) is 0 Å². The zero-order valence-electron chi connectivity index (χ0n) is 8.96. The van der Waals surface area contributed by atoms with Crippen LogP contribution in [0, 0.1) is 0 Å². The Morgan fingerprint density at radius 1 is 1.46 bits per heavy atom. The van der Waals surface area contributed by atoms with Crippen LogP contribution in [0.25, 0.3) is 0 Å². The molecule has 0 radical (unpaired) electrons. The monoisotopic (exact) mass is 188 g/mol. The number of carbonyl (C=O) groups is 1. The fourth-order valence-corrected chi connectivity index (χ4v) is 0.999. The molecular formula is C10H20O3. The summed E-state index contributed by atoms with van der Waals surface area (Å²) in [4.78, 5) is 10.5. The minimum atomic E-state index is -0.793. The summed E-state index contributed by atoms with van der Waals surface area (Å²) in [5.74, 6) is -0.793. The predicted octanol–water partition coefficient (Wildman–Crippen LogP) is 2.44. The largest absolute Gasteiger partial charge is 0.481 e. The van der Waals surface area contributed by atoms with E-state index >= 15 is 0 Å². The molecule has 0 rings (SSSR count). The molecular weight excluding hydrogens is 168 g/mol. The van der Waals surface area contributed by atoms with Gasteiger partial charge in [-0.05, 0) is 26.7 Å². The summed E-state index contributed by atoms with van der Waals surface area (Å²) in [5, 5.41) is 8.60. The Morgan fingerprint density at radius 3 is 2.31 bits per heavy atom. The van der Waals surface area contributed by atoms with Gasteiger partial charge in [0.25, 0.3) is 0 Å². The second kappa shape index (κ2) is 5.22. The Kier molecular flexibility index (Phi) is 4.99. The Balaban J connectivity index is 4.04. The lowest BCUT2D eigenvalue weighted by Crippen LogP contribution is -2.31. The van der Waals surface area contributed by atoms with E-state index in [1.165, 1.54) is 0 Å². The summed E-state index contributed by atoms with van der Waals surface area (Å²) in [6.45, 7) is 7.95. The van der Waals surface area contributed by atoms with Crippen LogP contribution in [0.1, 0.15) is 47.0 Å². The van der Waals surface area contributed by atoms with Crippen LogP contribution in [0.5, 0.6) is 0 Å². The topological polar surface area (TPSA) is 46.5 Å². The van der Waals surface area contributed by atoms with Crippen LogP contribution in [-0.4, -0.2) is 22.8 Å². The molecule has 0 aromatic rings. The summed E-state index contributed by atoms with van der Waals surface area (Å²) >= 11 is 0. The summed E-state index contributed by atoms with van der Waals surface area (Å²) < 4.78 is 5.67. The first-order valence-corrected chi connectivity index (χ1v) is 4.81. The molecule has 0 aromatic heterocycles. The third-order valence-electron chi connectivity index (χ3n) is 2.19. The van der Waals surface area contributed by atoms with Gasteiger partial charge in [-0.3, -0.25) is 4.79 Å². The van der Waals surface area contributed by atoms with Crippen LogP contribution < -0.4 is 0 Å². The van der Waals surface area contributed by atoms with E-state index in [2.05, 4.69) is 0 Å². The van der Waals surface area contributed by atoms with Crippen molar-refractivity contribution in [1.29, 1.82) is 0 Å². The second-order valence-corrected chi connectivity index (χ2v) is 3.86. The van der Waals surface area contributed by atoms with Crippen LogP contribution in [0.15, 0.2) is 0 Å². The first-order valence-electron chi connectivity index (χ1n) is 4.81. The number of carboxylic acids is 1. The average Bonchev–Trinajstić information content (AvgIpc) is 2.02. The molecule has 0 aliphatic heterocycles. The molecule has 0 heterocycles. The fraction of sp³-hybridized carbons (Fsp3) is 0.900.